The number of amides is 1. The van der Waals surface area contributed by atoms with Crippen molar-refractivity contribution >= 4 is 5.91 Å². The second-order valence-corrected chi connectivity index (χ2v) is 6.05. The molecule has 0 saturated carbocycles. The summed E-state index contributed by atoms with van der Waals surface area (Å²) >= 11 is 0. The third-order valence-corrected chi connectivity index (χ3v) is 4.15. The van der Waals surface area contributed by atoms with E-state index in [4.69, 9.17) is 0 Å². The van der Waals surface area contributed by atoms with E-state index in [2.05, 4.69) is 5.32 Å². The fourth-order valence-corrected chi connectivity index (χ4v) is 2.85. The van der Waals surface area contributed by atoms with E-state index in [1.807, 2.05) is 0 Å². The molecule has 2 nitrogen and oxygen atoms in total. The van der Waals surface area contributed by atoms with Gasteiger partial charge in [-0.2, -0.15) is 0 Å². The average molecular weight is 267 g/mol. The van der Waals surface area contributed by atoms with Crippen molar-refractivity contribution in [2.45, 2.75) is 96.3 Å². The smallest absolute Gasteiger partial charge is 0.219 e. The highest BCUT2D eigenvalue weighted by Gasteiger charge is 2.01. The Kier molecular flexibility index (Phi) is 10.9. The molecule has 0 aromatic rings. The fraction of sp³-hybridized carbons (Fsp3) is 0.941. The van der Waals surface area contributed by atoms with Crippen molar-refractivity contribution in [1.29, 1.82) is 0 Å². The molecule has 1 aliphatic rings. The van der Waals surface area contributed by atoms with E-state index in [0.717, 1.165) is 25.8 Å². The lowest BCUT2D eigenvalue weighted by Crippen LogP contribution is -2.23. The van der Waals surface area contributed by atoms with Gasteiger partial charge in [-0.15, -0.1) is 0 Å². The molecule has 1 N–H and O–H groups in total. The van der Waals surface area contributed by atoms with E-state index in [0.29, 0.717) is 0 Å². The third kappa shape index (κ3) is 11.0. The predicted octanol–water partition coefficient (Wildman–Crippen LogP) is 4.97. The van der Waals surface area contributed by atoms with Gasteiger partial charge in [0, 0.05) is 13.0 Å². The molecule has 0 aliphatic carbocycles. The van der Waals surface area contributed by atoms with E-state index in [-0.39, 0.29) is 5.91 Å². The number of nitrogens with one attached hydrogen (secondary N) is 1. The Morgan fingerprint density at radius 1 is 0.526 bits per heavy atom. The van der Waals surface area contributed by atoms with Crippen LogP contribution in [0.15, 0.2) is 0 Å². The molecule has 1 aliphatic heterocycles. The summed E-state index contributed by atoms with van der Waals surface area (Å²) in [6, 6.07) is 0. The highest BCUT2D eigenvalue weighted by molar-refractivity contribution is 5.75. The Bertz CT molecular complexity index is 195. The maximum Gasteiger partial charge on any atom is 0.219 e. The second kappa shape index (κ2) is 12.5. The van der Waals surface area contributed by atoms with Gasteiger partial charge in [-0.3, -0.25) is 4.79 Å². The lowest BCUT2D eigenvalue weighted by molar-refractivity contribution is -0.121. The number of carbonyl (C=O) groups excluding carboxylic acids is 1. The van der Waals surface area contributed by atoms with Crippen LogP contribution in [0.5, 0.6) is 0 Å². The van der Waals surface area contributed by atoms with Crippen molar-refractivity contribution in [2.75, 3.05) is 6.54 Å². The maximum absolute atomic E-state index is 11.6. The lowest BCUT2D eigenvalue weighted by atomic mass is 10.0. The molecule has 1 heterocycles. The van der Waals surface area contributed by atoms with Crippen molar-refractivity contribution in [2.24, 2.45) is 0 Å². The second-order valence-electron chi connectivity index (χ2n) is 6.05. The van der Waals surface area contributed by atoms with Crippen LogP contribution in [0.4, 0.5) is 0 Å². The number of rotatable bonds is 0. The first-order valence-corrected chi connectivity index (χ1v) is 8.66. The molecule has 0 radical (unpaired) electrons. The predicted molar refractivity (Wildman–Crippen MR) is 82.3 cm³/mol. The molecule has 1 saturated heterocycles. The zero-order chi connectivity index (χ0) is 13.6. The Morgan fingerprint density at radius 3 is 1.37 bits per heavy atom. The molecule has 2 heteroatoms. The van der Waals surface area contributed by atoms with Crippen LogP contribution in [0, 0.1) is 0 Å². The summed E-state index contributed by atoms with van der Waals surface area (Å²) in [5.74, 6) is 0.265. The fourth-order valence-electron chi connectivity index (χ4n) is 2.85. The minimum absolute atomic E-state index is 0.265. The number of carbonyl (C=O) groups is 1. The van der Waals surface area contributed by atoms with Crippen molar-refractivity contribution < 1.29 is 4.79 Å². The van der Waals surface area contributed by atoms with Crippen molar-refractivity contribution in [3.63, 3.8) is 0 Å². The lowest BCUT2D eigenvalue weighted by Gasteiger charge is -2.07. The summed E-state index contributed by atoms with van der Waals surface area (Å²) < 4.78 is 0. The van der Waals surface area contributed by atoms with Gasteiger partial charge in [-0.05, 0) is 12.8 Å². The first-order chi connectivity index (χ1) is 9.39. The molecule has 0 spiro atoms. The van der Waals surface area contributed by atoms with Crippen LogP contribution in [0.3, 0.4) is 0 Å². The molecular weight excluding hydrogens is 234 g/mol. The summed E-state index contributed by atoms with van der Waals surface area (Å²) in [7, 11) is 0. The van der Waals surface area contributed by atoms with Crippen LogP contribution >= 0.6 is 0 Å². The van der Waals surface area contributed by atoms with E-state index < -0.39 is 0 Å². The quantitative estimate of drug-likeness (QED) is 0.660. The van der Waals surface area contributed by atoms with Crippen LogP contribution in [-0.2, 0) is 4.79 Å². The normalized spacial score (nSPS) is 23.1. The summed E-state index contributed by atoms with van der Waals surface area (Å²) in [5.41, 5.74) is 0. The van der Waals surface area contributed by atoms with Crippen molar-refractivity contribution in [3.8, 4) is 0 Å². The minimum atomic E-state index is 0.265. The van der Waals surface area contributed by atoms with E-state index >= 15 is 0 Å². The highest BCUT2D eigenvalue weighted by Crippen LogP contribution is 2.13. The zero-order valence-corrected chi connectivity index (χ0v) is 12.7. The van der Waals surface area contributed by atoms with Crippen molar-refractivity contribution in [1.82, 2.24) is 5.32 Å². The topological polar surface area (TPSA) is 29.1 Å². The number of hydrogen-bond acceptors (Lipinski definition) is 1. The SMILES string of the molecule is O=C1CCCCCCCCCCCCCCCCN1. The van der Waals surface area contributed by atoms with Gasteiger partial charge in [0.25, 0.3) is 0 Å². The van der Waals surface area contributed by atoms with Crippen molar-refractivity contribution in [3.05, 3.63) is 0 Å². The van der Waals surface area contributed by atoms with Gasteiger partial charge in [0.05, 0.1) is 0 Å². The standard InChI is InChI=1S/C17H33NO/c19-17-15-13-11-9-7-5-3-1-2-4-6-8-10-12-14-16-18-17/h1-16H2,(H,18,19). The molecule has 19 heavy (non-hydrogen) atoms. The first kappa shape index (κ1) is 16.5. The summed E-state index contributed by atoms with van der Waals surface area (Å²) in [5, 5.41) is 3.05. The van der Waals surface area contributed by atoms with Gasteiger partial charge >= 0.3 is 0 Å². The molecule has 0 atom stereocenters. The Morgan fingerprint density at radius 2 is 0.895 bits per heavy atom. The Hall–Kier alpha value is -0.530. The summed E-state index contributed by atoms with van der Waals surface area (Å²) in [4.78, 5) is 11.6. The van der Waals surface area contributed by atoms with Crippen LogP contribution in [0.25, 0.3) is 0 Å². The highest BCUT2D eigenvalue weighted by atomic mass is 16.1. The third-order valence-electron chi connectivity index (χ3n) is 4.15. The van der Waals surface area contributed by atoms with Crippen LogP contribution in [-0.4, -0.2) is 12.5 Å². The molecule has 1 amide bonds. The molecule has 0 unspecified atom stereocenters. The van der Waals surface area contributed by atoms with Crippen LogP contribution in [0.2, 0.25) is 0 Å². The summed E-state index contributed by atoms with van der Waals surface area (Å²) in [6.45, 7) is 0.888. The monoisotopic (exact) mass is 267 g/mol. The van der Waals surface area contributed by atoms with Crippen LogP contribution in [0.1, 0.15) is 96.3 Å². The van der Waals surface area contributed by atoms with Gasteiger partial charge in [-0.25, -0.2) is 0 Å². The van der Waals surface area contributed by atoms with Gasteiger partial charge in [-0.1, -0.05) is 77.0 Å². The molecule has 0 bridgehead atoms. The minimum Gasteiger partial charge on any atom is -0.356 e. The average Bonchev–Trinajstić information content (AvgIpc) is 2.41. The molecule has 1 rings (SSSR count). The Labute approximate surface area is 119 Å². The molecule has 0 aromatic heterocycles. The zero-order valence-electron chi connectivity index (χ0n) is 12.7. The first-order valence-electron chi connectivity index (χ1n) is 8.66. The largest absolute Gasteiger partial charge is 0.356 e. The van der Waals surface area contributed by atoms with Gasteiger partial charge in [0.1, 0.15) is 0 Å². The molecular formula is C17H33NO. The summed E-state index contributed by atoms with van der Waals surface area (Å²) in [6.07, 6.45) is 19.4. The van der Waals surface area contributed by atoms with Gasteiger partial charge in [0.2, 0.25) is 5.91 Å². The maximum atomic E-state index is 11.6. The molecule has 112 valence electrons. The number of hydrogen-bond donors (Lipinski definition) is 1. The Balaban J connectivity index is 2.10. The van der Waals surface area contributed by atoms with E-state index in [9.17, 15) is 4.79 Å². The van der Waals surface area contributed by atoms with Gasteiger partial charge in [0.15, 0.2) is 0 Å². The van der Waals surface area contributed by atoms with E-state index in [1.165, 1.54) is 77.0 Å². The van der Waals surface area contributed by atoms with Gasteiger partial charge < -0.3 is 5.32 Å². The molecule has 1 fully saturated rings. The van der Waals surface area contributed by atoms with Crippen LogP contribution < -0.4 is 5.32 Å². The van der Waals surface area contributed by atoms with E-state index in [1.54, 1.807) is 0 Å². The molecule has 0 aromatic carbocycles.